The molecule has 1 aliphatic rings. The Kier molecular flexibility index (Phi) is 3.16. The summed E-state index contributed by atoms with van der Waals surface area (Å²) in [5.41, 5.74) is 0.517. The highest BCUT2D eigenvalue weighted by molar-refractivity contribution is 4.78. The lowest BCUT2D eigenvalue weighted by atomic mass is 9.88. The van der Waals surface area contributed by atoms with Crippen molar-refractivity contribution in [1.29, 1.82) is 0 Å². The van der Waals surface area contributed by atoms with Gasteiger partial charge in [-0.1, -0.05) is 20.8 Å². The van der Waals surface area contributed by atoms with Crippen LogP contribution in [0.4, 0.5) is 0 Å². The highest BCUT2D eigenvalue weighted by atomic mass is 15.1. The van der Waals surface area contributed by atoms with Crippen LogP contribution in [0.15, 0.2) is 0 Å². The minimum absolute atomic E-state index is 0.517. The number of nitrogens with zero attached hydrogens (tertiary/aromatic N) is 1. The van der Waals surface area contributed by atoms with Crippen LogP contribution in [-0.2, 0) is 0 Å². The molecule has 1 heterocycles. The van der Waals surface area contributed by atoms with Gasteiger partial charge in [0.25, 0.3) is 0 Å². The first-order valence-corrected chi connectivity index (χ1v) is 5.19. The van der Waals surface area contributed by atoms with Gasteiger partial charge in [-0.25, -0.2) is 0 Å². The predicted molar refractivity (Wildman–Crippen MR) is 54.3 cm³/mol. The maximum atomic E-state index is 2.52. The fraction of sp³-hybridized carbons (Fsp3) is 1.00. The Bertz CT molecular complexity index is 134. The van der Waals surface area contributed by atoms with Gasteiger partial charge in [0, 0.05) is 6.04 Å². The Morgan fingerprint density at radius 2 is 2.00 bits per heavy atom. The first kappa shape index (κ1) is 10.0. The van der Waals surface area contributed by atoms with E-state index in [4.69, 9.17) is 0 Å². The van der Waals surface area contributed by atoms with Crippen LogP contribution in [0, 0.1) is 5.41 Å². The van der Waals surface area contributed by atoms with Crippen molar-refractivity contribution in [3.05, 3.63) is 0 Å². The van der Waals surface area contributed by atoms with Gasteiger partial charge in [0.05, 0.1) is 0 Å². The molecule has 1 saturated heterocycles. The molecule has 1 nitrogen and oxygen atoms in total. The van der Waals surface area contributed by atoms with Gasteiger partial charge in [-0.3, -0.25) is 0 Å². The second-order valence-electron chi connectivity index (χ2n) is 5.38. The summed E-state index contributed by atoms with van der Waals surface area (Å²) in [4.78, 5) is 2.52. The third kappa shape index (κ3) is 3.14. The van der Waals surface area contributed by atoms with Crippen LogP contribution in [0.3, 0.4) is 0 Å². The van der Waals surface area contributed by atoms with Crippen molar-refractivity contribution in [3.63, 3.8) is 0 Å². The molecule has 0 radical (unpaired) electrons. The summed E-state index contributed by atoms with van der Waals surface area (Å²) in [6.07, 6.45) is 5.58. The SMILES string of the molecule is CN1CCCC1CCC(C)(C)C. The van der Waals surface area contributed by atoms with E-state index in [-0.39, 0.29) is 0 Å². The van der Waals surface area contributed by atoms with Gasteiger partial charge in [0.1, 0.15) is 0 Å². The van der Waals surface area contributed by atoms with Gasteiger partial charge in [0.15, 0.2) is 0 Å². The highest BCUT2D eigenvalue weighted by Crippen LogP contribution is 2.26. The van der Waals surface area contributed by atoms with Gasteiger partial charge in [-0.2, -0.15) is 0 Å². The van der Waals surface area contributed by atoms with Crippen LogP contribution >= 0.6 is 0 Å². The lowest BCUT2D eigenvalue weighted by molar-refractivity contribution is 0.254. The first-order chi connectivity index (χ1) is 5.49. The molecule has 1 atom stereocenters. The van der Waals surface area contributed by atoms with Crippen molar-refractivity contribution >= 4 is 0 Å². The zero-order chi connectivity index (χ0) is 9.19. The van der Waals surface area contributed by atoms with E-state index in [9.17, 15) is 0 Å². The Morgan fingerprint density at radius 3 is 2.42 bits per heavy atom. The lowest BCUT2D eigenvalue weighted by Gasteiger charge is -2.24. The number of rotatable bonds is 2. The fourth-order valence-corrected chi connectivity index (χ4v) is 1.94. The van der Waals surface area contributed by atoms with E-state index in [0.717, 1.165) is 6.04 Å². The van der Waals surface area contributed by atoms with E-state index < -0.39 is 0 Å². The van der Waals surface area contributed by atoms with Crippen molar-refractivity contribution in [1.82, 2.24) is 4.90 Å². The van der Waals surface area contributed by atoms with Gasteiger partial charge in [-0.15, -0.1) is 0 Å². The van der Waals surface area contributed by atoms with E-state index in [2.05, 4.69) is 32.7 Å². The second kappa shape index (κ2) is 3.78. The summed E-state index contributed by atoms with van der Waals surface area (Å²) < 4.78 is 0. The van der Waals surface area contributed by atoms with E-state index in [1.54, 1.807) is 0 Å². The summed E-state index contributed by atoms with van der Waals surface area (Å²) in [6.45, 7) is 8.32. The highest BCUT2D eigenvalue weighted by Gasteiger charge is 2.22. The Balaban J connectivity index is 2.23. The van der Waals surface area contributed by atoms with Gasteiger partial charge >= 0.3 is 0 Å². The molecule has 72 valence electrons. The van der Waals surface area contributed by atoms with E-state index in [1.165, 1.54) is 32.2 Å². The van der Waals surface area contributed by atoms with Crippen LogP contribution in [-0.4, -0.2) is 24.5 Å². The van der Waals surface area contributed by atoms with Crippen LogP contribution in [0.1, 0.15) is 46.5 Å². The number of likely N-dealkylation sites (tertiary alicyclic amines) is 1. The molecular formula is C11H23N. The summed E-state index contributed by atoms with van der Waals surface area (Å²) in [7, 11) is 2.26. The lowest BCUT2D eigenvalue weighted by Crippen LogP contribution is -2.26. The molecule has 0 amide bonds. The summed E-state index contributed by atoms with van der Waals surface area (Å²) in [5, 5.41) is 0. The molecule has 0 aromatic heterocycles. The number of hydrogen-bond acceptors (Lipinski definition) is 1. The number of hydrogen-bond donors (Lipinski definition) is 0. The normalized spacial score (nSPS) is 26.5. The van der Waals surface area contributed by atoms with Crippen molar-refractivity contribution in [2.75, 3.05) is 13.6 Å². The zero-order valence-electron chi connectivity index (χ0n) is 9.06. The van der Waals surface area contributed by atoms with Crippen LogP contribution in [0.25, 0.3) is 0 Å². The Hall–Kier alpha value is -0.0400. The molecule has 1 unspecified atom stereocenters. The maximum Gasteiger partial charge on any atom is 0.00928 e. The van der Waals surface area contributed by atoms with Crippen molar-refractivity contribution in [3.8, 4) is 0 Å². The smallest absolute Gasteiger partial charge is 0.00928 e. The van der Waals surface area contributed by atoms with Crippen LogP contribution in [0.5, 0.6) is 0 Å². The van der Waals surface area contributed by atoms with Crippen LogP contribution in [0.2, 0.25) is 0 Å². The average molecular weight is 169 g/mol. The molecule has 1 heteroatoms. The molecule has 0 aromatic carbocycles. The molecule has 1 aliphatic heterocycles. The van der Waals surface area contributed by atoms with Gasteiger partial charge in [0.2, 0.25) is 0 Å². The zero-order valence-corrected chi connectivity index (χ0v) is 9.06. The fourth-order valence-electron chi connectivity index (χ4n) is 1.94. The van der Waals surface area contributed by atoms with Gasteiger partial charge < -0.3 is 4.90 Å². The molecule has 1 fully saturated rings. The van der Waals surface area contributed by atoms with Gasteiger partial charge in [-0.05, 0) is 44.7 Å². The predicted octanol–water partition coefficient (Wildman–Crippen LogP) is 2.91. The third-order valence-electron chi connectivity index (χ3n) is 2.90. The van der Waals surface area contributed by atoms with Crippen LogP contribution < -0.4 is 0 Å². The van der Waals surface area contributed by atoms with Crippen molar-refractivity contribution in [2.45, 2.75) is 52.5 Å². The summed E-state index contributed by atoms with van der Waals surface area (Å²) in [6, 6.07) is 0.879. The average Bonchev–Trinajstić information content (AvgIpc) is 2.29. The molecule has 0 N–H and O–H groups in total. The molecule has 1 rings (SSSR count). The third-order valence-corrected chi connectivity index (χ3v) is 2.90. The molecule has 0 bridgehead atoms. The Morgan fingerprint density at radius 1 is 1.33 bits per heavy atom. The first-order valence-electron chi connectivity index (χ1n) is 5.19. The Labute approximate surface area is 77.1 Å². The van der Waals surface area contributed by atoms with Crippen molar-refractivity contribution < 1.29 is 0 Å². The topological polar surface area (TPSA) is 3.24 Å². The molecule has 0 aliphatic carbocycles. The second-order valence-corrected chi connectivity index (χ2v) is 5.38. The summed E-state index contributed by atoms with van der Waals surface area (Å²) in [5.74, 6) is 0. The van der Waals surface area contributed by atoms with E-state index in [0.29, 0.717) is 5.41 Å². The van der Waals surface area contributed by atoms with Crippen molar-refractivity contribution in [2.24, 2.45) is 5.41 Å². The monoisotopic (exact) mass is 169 g/mol. The summed E-state index contributed by atoms with van der Waals surface area (Å²) >= 11 is 0. The molecule has 0 saturated carbocycles. The molecule has 12 heavy (non-hydrogen) atoms. The van der Waals surface area contributed by atoms with E-state index in [1.807, 2.05) is 0 Å². The standard InChI is InChI=1S/C11H23N/c1-11(2,3)8-7-10-6-5-9-12(10)4/h10H,5-9H2,1-4H3. The minimum Gasteiger partial charge on any atom is -0.303 e. The largest absolute Gasteiger partial charge is 0.303 e. The minimum atomic E-state index is 0.517. The molecule has 0 spiro atoms. The molecular weight excluding hydrogens is 146 g/mol. The maximum absolute atomic E-state index is 2.52. The quantitative estimate of drug-likeness (QED) is 0.614. The van der Waals surface area contributed by atoms with E-state index >= 15 is 0 Å². The molecule has 0 aromatic rings.